The van der Waals surface area contributed by atoms with Gasteiger partial charge in [-0.1, -0.05) is 115 Å². The molecule has 0 N–H and O–H groups in total. The van der Waals surface area contributed by atoms with Crippen molar-refractivity contribution in [1.82, 2.24) is 4.90 Å². The van der Waals surface area contributed by atoms with Crippen LogP contribution in [0, 0.1) is 5.92 Å². The van der Waals surface area contributed by atoms with Crippen molar-refractivity contribution in [2.45, 2.75) is 37.3 Å². The molecule has 0 amide bonds. The molecule has 2 bridgehead atoms. The van der Waals surface area contributed by atoms with Gasteiger partial charge in [-0.2, -0.15) is 0 Å². The number of fused-ring (bicyclic) bond motifs is 3. The molecule has 4 aromatic rings. The molecule has 3 heterocycles. The summed E-state index contributed by atoms with van der Waals surface area (Å²) in [6, 6.07) is 42.4. The lowest BCUT2D eigenvalue weighted by molar-refractivity contribution is 0.0215. The summed E-state index contributed by atoms with van der Waals surface area (Å²) in [5.41, 5.74) is 6.71. The molecule has 2 unspecified atom stereocenters. The Morgan fingerprint density at radius 3 is 1.89 bits per heavy atom. The van der Waals surface area contributed by atoms with E-state index in [4.69, 9.17) is 4.99 Å². The average Bonchev–Trinajstić information content (AvgIpc) is 2.95. The first-order chi connectivity index (χ1) is 17.9. The summed E-state index contributed by atoms with van der Waals surface area (Å²) >= 11 is 0. The van der Waals surface area contributed by atoms with Gasteiger partial charge in [-0.25, -0.2) is 0 Å². The first-order valence-corrected chi connectivity index (χ1v) is 13.4. The van der Waals surface area contributed by atoms with Gasteiger partial charge < -0.3 is 0 Å². The van der Waals surface area contributed by atoms with Crippen LogP contribution in [0.15, 0.2) is 120 Å². The lowest BCUT2D eigenvalue weighted by atomic mass is 9.71. The van der Waals surface area contributed by atoms with E-state index < -0.39 is 0 Å². The molecule has 3 aliphatic heterocycles. The molecule has 7 rings (SSSR count). The van der Waals surface area contributed by atoms with E-state index in [0.717, 1.165) is 6.42 Å². The van der Waals surface area contributed by atoms with Crippen LogP contribution < -0.4 is 0 Å². The standard InChI is InChI=1S/C34H34N2/c1-4-12-26(13-5-1)24-30-18-10-11-19-31(30)25-35-33-29-20-22-36(23-21-29)34(33)32(27-14-6-2-7-15-27)28-16-8-3-9-17-28/h1-19,25,29,32-34H,20-24H2. The quantitative estimate of drug-likeness (QED) is 0.266. The predicted molar refractivity (Wildman–Crippen MR) is 150 cm³/mol. The molecule has 3 saturated heterocycles. The topological polar surface area (TPSA) is 15.6 Å². The molecule has 2 atom stereocenters. The number of aliphatic imine (C=N–C) groups is 1. The third kappa shape index (κ3) is 4.79. The highest BCUT2D eigenvalue weighted by Crippen LogP contribution is 2.43. The predicted octanol–water partition coefficient (Wildman–Crippen LogP) is 6.99. The van der Waals surface area contributed by atoms with Crippen molar-refractivity contribution in [1.29, 1.82) is 0 Å². The highest BCUT2D eigenvalue weighted by molar-refractivity contribution is 5.82. The molecule has 0 spiro atoms. The fourth-order valence-electron chi connectivity index (χ4n) is 6.38. The van der Waals surface area contributed by atoms with Crippen LogP contribution in [0.4, 0.5) is 0 Å². The monoisotopic (exact) mass is 470 g/mol. The smallest absolute Gasteiger partial charge is 0.0693 e. The van der Waals surface area contributed by atoms with Gasteiger partial charge in [-0.05, 0) is 66.1 Å². The van der Waals surface area contributed by atoms with E-state index in [1.807, 2.05) is 0 Å². The number of hydrogen-bond acceptors (Lipinski definition) is 2. The van der Waals surface area contributed by atoms with E-state index in [2.05, 4.69) is 126 Å². The lowest BCUT2D eigenvalue weighted by Gasteiger charge is -2.52. The fraction of sp³-hybridized carbons (Fsp3) is 0.265. The van der Waals surface area contributed by atoms with Crippen LogP contribution in [0.5, 0.6) is 0 Å². The van der Waals surface area contributed by atoms with Crippen molar-refractivity contribution >= 4 is 6.21 Å². The highest BCUT2D eigenvalue weighted by Gasteiger charge is 2.46. The zero-order valence-electron chi connectivity index (χ0n) is 20.8. The largest absolute Gasteiger partial charge is 0.297 e. The van der Waals surface area contributed by atoms with Crippen molar-refractivity contribution in [3.05, 3.63) is 143 Å². The summed E-state index contributed by atoms with van der Waals surface area (Å²) in [7, 11) is 0. The van der Waals surface area contributed by atoms with E-state index in [1.54, 1.807) is 0 Å². The Hall–Kier alpha value is -3.49. The first kappa shape index (κ1) is 22.9. The second-order valence-electron chi connectivity index (χ2n) is 10.3. The minimum atomic E-state index is 0.294. The second kappa shape index (κ2) is 10.6. The average molecular weight is 471 g/mol. The first-order valence-electron chi connectivity index (χ1n) is 13.4. The van der Waals surface area contributed by atoms with Crippen molar-refractivity contribution in [2.75, 3.05) is 13.1 Å². The van der Waals surface area contributed by atoms with Gasteiger partial charge in [0.2, 0.25) is 0 Å². The molecule has 0 aliphatic carbocycles. The zero-order valence-corrected chi connectivity index (χ0v) is 20.8. The number of rotatable bonds is 7. The van der Waals surface area contributed by atoms with Crippen molar-refractivity contribution in [2.24, 2.45) is 10.9 Å². The summed E-state index contributed by atoms with van der Waals surface area (Å²) in [5, 5.41) is 0. The van der Waals surface area contributed by atoms with Crippen molar-refractivity contribution in [3.63, 3.8) is 0 Å². The Kier molecular flexibility index (Phi) is 6.78. The molecule has 3 aliphatic rings. The van der Waals surface area contributed by atoms with Crippen LogP contribution in [-0.4, -0.2) is 36.3 Å². The van der Waals surface area contributed by atoms with Gasteiger partial charge in [0.1, 0.15) is 0 Å². The van der Waals surface area contributed by atoms with Crippen LogP contribution in [0.1, 0.15) is 46.6 Å². The van der Waals surface area contributed by atoms with Crippen molar-refractivity contribution < 1.29 is 0 Å². The molecule has 3 fully saturated rings. The number of piperidine rings is 3. The van der Waals surface area contributed by atoms with Gasteiger partial charge in [-0.3, -0.25) is 9.89 Å². The van der Waals surface area contributed by atoms with Crippen LogP contribution in [-0.2, 0) is 6.42 Å². The summed E-state index contributed by atoms with van der Waals surface area (Å²) in [5.74, 6) is 0.963. The molecule has 36 heavy (non-hydrogen) atoms. The zero-order chi connectivity index (χ0) is 24.2. The minimum absolute atomic E-state index is 0.294. The van der Waals surface area contributed by atoms with E-state index in [1.165, 1.54) is 53.7 Å². The molecule has 2 heteroatoms. The number of nitrogens with zero attached hydrogens (tertiary/aromatic N) is 2. The maximum atomic E-state index is 5.43. The Bertz CT molecular complexity index is 1240. The molecule has 2 nitrogen and oxygen atoms in total. The number of hydrogen-bond donors (Lipinski definition) is 0. The van der Waals surface area contributed by atoms with Crippen LogP contribution >= 0.6 is 0 Å². The lowest BCUT2D eigenvalue weighted by Crippen LogP contribution is -2.59. The molecular weight excluding hydrogens is 436 g/mol. The summed E-state index contributed by atoms with van der Waals surface area (Å²) < 4.78 is 0. The molecule has 0 radical (unpaired) electrons. The fourth-order valence-corrected chi connectivity index (χ4v) is 6.38. The second-order valence-corrected chi connectivity index (χ2v) is 10.3. The highest BCUT2D eigenvalue weighted by atomic mass is 15.2. The Morgan fingerprint density at radius 1 is 0.694 bits per heavy atom. The Labute approximate surface area is 215 Å². The SMILES string of the molecule is C(=NC1C2CCN(CC2)C1C(c1ccccc1)c1ccccc1)c1ccccc1Cc1ccccc1. The van der Waals surface area contributed by atoms with Crippen LogP contribution in [0.25, 0.3) is 0 Å². The van der Waals surface area contributed by atoms with E-state index in [0.29, 0.717) is 23.9 Å². The third-order valence-corrected chi connectivity index (χ3v) is 8.17. The third-order valence-electron chi connectivity index (χ3n) is 8.17. The van der Waals surface area contributed by atoms with E-state index >= 15 is 0 Å². The minimum Gasteiger partial charge on any atom is -0.297 e. The summed E-state index contributed by atoms with van der Waals surface area (Å²) in [6.45, 7) is 2.37. The molecule has 0 saturated carbocycles. The van der Waals surface area contributed by atoms with Gasteiger partial charge in [0.15, 0.2) is 0 Å². The Morgan fingerprint density at radius 2 is 1.25 bits per heavy atom. The molecule has 4 aromatic carbocycles. The van der Waals surface area contributed by atoms with Gasteiger partial charge >= 0.3 is 0 Å². The van der Waals surface area contributed by atoms with Gasteiger partial charge in [0.05, 0.1) is 6.04 Å². The van der Waals surface area contributed by atoms with Gasteiger partial charge in [-0.15, -0.1) is 0 Å². The summed E-state index contributed by atoms with van der Waals surface area (Å²) in [4.78, 5) is 8.15. The van der Waals surface area contributed by atoms with E-state index in [9.17, 15) is 0 Å². The van der Waals surface area contributed by atoms with Crippen LogP contribution in [0.3, 0.4) is 0 Å². The maximum absolute atomic E-state index is 5.43. The number of benzene rings is 4. The summed E-state index contributed by atoms with van der Waals surface area (Å²) in [6.07, 6.45) is 5.62. The Balaban J connectivity index is 1.36. The molecule has 180 valence electrons. The van der Waals surface area contributed by atoms with Crippen LogP contribution in [0.2, 0.25) is 0 Å². The van der Waals surface area contributed by atoms with E-state index in [-0.39, 0.29) is 0 Å². The maximum Gasteiger partial charge on any atom is 0.0693 e. The van der Waals surface area contributed by atoms with Gasteiger partial charge in [0, 0.05) is 18.2 Å². The van der Waals surface area contributed by atoms with Crippen molar-refractivity contribution in [3.8, 4) is 0 Å². The van der Waals surface area contributed by atoms with Gasteiger partial charge in [0.25, 0.3) is 0 Å². The normalized spacial score (nSPS) is 23.4. The molecule has 0 aromatic heterocycles. The molecular formula is C34H34N2.